The second-order valence-electron chi connectivity index (χ2n) is 6.84. The lowest BCUT2D eigenvalue weighted by Gasteiger charge is -2.26. The van der Waals surface area contributed by atoms with Crippen LogP contribution >= 0.6 is 27.5 Å². The first kappa shape index (κ1) is 24.3. The fraction of sp³-hybridized carbons (Fsp3) is 0.182. The van der Waals surface area contributed by atoms with Gasteiger partial charge in [-0.2, -0.15) is 0 Å². The number of halogens is 2. The van der Waals surface area contributed by atoms with E-state index in [4.69, 9.17) is 26.2 Å². The molecule has 11 heteroatoms. The van der Waals surface area contributed by atoms with Crippen LogP contribution in [0.2, 0.25) is 5.02 Å². The second-order valence-corrected chi connectivity index (χ2v) is 8.10. The highest BCUT2D eigenvalue weighted by Crippen LogP contribution is 2.37. The van der Waals surface area contributed by atoms with Gasteiger partial charge in [0.15, 0.2) is 18.1 Å². The highest BCUT2D eigenvalue weighted by molar-refractivity contribution is 9.10. The van der Waals surface area contributed by atoms with Gasteiger partial charge >= 0.3 is 12.0 Å². The highest BCUT2D eigenvalue weighted by atomic mass is 79.9. The summed E-state index contributed by atoms with van der Waals surface area (Å²) in [6.07, 6.45) is 1.26. The number of hydrogen-bond acceptors (Lipinski definition) is 6. The monoisotopic (exact) mass is 536 g/mol. The molecule has 1 saturated heterocycles. The third-order valence-electron chi connectivity index (χ3n) is 4.48. The molecular weight excluding hydrogens is 520 g/mol. The first-order valence-corrected chi connectivity index (χ1v) is 10.8. The Bertz CT molecular complexity index is 1200. The van der Waals surface area contributed by atoms with Crippen molar-refractivity contribution in [3.8, 4) is 11.5 Å². The maximum absolute atomic E-state index is 13.1. The van der Waals surface area contributed by atoms with Crippen molar-refractivity contribution in [3.63, 3.8) is 0 Å². The summed E-state index contributed by atoms with van der Waals surface area (Å²) in [6, 6.07) is 6.86. The summed E-state index contributed by atoms with van der Waals surface area (Å²) in [7, 11) is 0. The maximum Gasteiger partial charge on any atom is 0.341 e. The number of imide groups is 2. The summed E-state index contributed by atoms with van der Waals surface area (Å²) < 4.78 is 11.5. The van der Waals surface area contributed by atoms with Gasteiger partial charge in [-0.3, -0.25) is 14.9 Å². The van der Waals surface area contributed by atoms with Crippen molar-refractivity contribution in [1.29, 1.82) is 0 Å². The molecule has 172 valence electrons. The van der Waals surface area contributed by atoms with Gasteiger partial charge in [0, 0.05) is 4.47 Å². The van der Waals surface area contributed by atoms with E-state index < -0.39 is 30.4 Å². The summed E-state index contributed by atoms with van der Waals surface area (Å²) in [4.78, 5) is 49.6. The van der Waals surface area contributed by atoms with E-state index in [0.29, 0.717) is 11.3 Å². The molecule has 2 aromatic rings. The summed E-state index contributed by atoms with van der Waals surface area (Å²) in [5, 5.41) is 11.0. The molecular formula is C22H18BrClN2O7. The number of rotatable bonds is 7. The number of hydrogen-bond donors (Lipinski definition) is 2. The summed E-state index contributed by atoms with van der Waals surface area (Å²) in [6.45, 7) is 3.10. The van der Waals surface area contributed by atoms with Crippen molar-refractivity contribution >= 4 is 63.1 Å². The van der Waals surface area contributed by atoms with Crippen LogP contribution < -0.4 is 19.7 Å². The molecule has 1 heterocycles. The molecule has 9 nitrogen and oxygen atoms in total. The van der Waals surface area contributed by atoms with E-state index >= 15 is 0 Å². The average molecular weight is 538 g/mol. The number of urea groups is 1. The van der Waals surface area contributed by atoms with Gasteiger partial charge in [0.2, 0.25) is 0 Å². The number of aryl methyl sites for hydroxylation is 1. The highest BCUT2D eigenvalue weighted by Gasteiger charge is 2.37. The van der Waals surface area contributed by atoms with Gasteiger partial charge in [0.05, 0.1) is 17.3 Å². The lowest BCUT2D eigenvalue weighted by atomic mass is 10.1. The normalized spacial score (nSPS) is 15.0. The number of carbonyl (C=O) groups is 4. The van der Waals surface area contributed by atoms with E-state index in [0.717, 1.165) is 14.9 Å². The van der Waals surface area contributed by atoms with Crippen LogP contribution in [0.1, 0.15) is 18.1 Å². The smallest absolute Gasteiger partial charge is 0.341 e. The zero-order valence-corrected chi connectivity index (χ0v) is 19.8. The van der Waals surface area contributed by atoms with E-state index in [1.54, 1.807) is 32.0 Å². The van der Waals surface area contributed by atoms with Crippen LogP contribution in [0.3, 0.4) is 0 Å². The molecule has 0 atom stereocenters. The number of nitrogens with zero attached hydrogens (tertiary/aromatic N) is 1. The summed E-state index contributed by atoms with van der Waals surface area (Å²) >= 11 is 9.61. The van der Waals surface area contributed by atoms with Crippen molar-refractivity contribution < 1.29 is 33.8 Å². The Morgan fingerprint density at radius 3 is 2.58 bits per heavy atom. The number of anilines is 1. The van der Waals surface area contributed by atoms with Crippen LogP contribution in [-0.2, 0) is 14.4 Å². The van der Waals surface area contributed by atoms with Crippen LogP contribution in [-0.4, -0.2) is 42.1 Å². The molecule has 1 fully saturated rings. The number of amides is 4. The minimum absolute atomic E-state index is 0.0182. The Morgan fingerprint density at radius 2 is 1.94 bits per heavy atom. The molecule has 0 saturated carbocycles. The van der Waals surface area contributed by atoms with Crippen molar-refractivity contribution in [1.82, 2.24) is 5.32 Å². The van der Waals surface area contributed by atoms with Gasteiger partial charge in [-0.25, -0.2) is 14.5 Å². The molecule has 0 radical (unpaired) electrons. The van der Waals surface area contributed by atoms with Crippen molar-refractivity contribution in [3.05, 3.63) is 56.5 Å². The number of aliphatic carboxylic acids is 1. The third kappa shape index (κ3) is 5.35. The number of nitrogens with one attached hydrogen (secondary N) is 1. The molecule has 0 unspecified atom stereocenters. The minimum Gasteiger partial charge on any atom is -0.490 e. The lowest BCUT2D eigenvalue weighted by Crippen LogP contribution is -2.54. The van der Waals surface area contributed by atoms with Crippen molar-refractivity contribution in [2.75, 3.05) is 18.1 Å². The van der Waals surface area contributed by atoms with E-state index in [1.165, 1.54) is 18.2 Å². The summed E-state index contributed by atoms with van der Waals surface area (Å²) in [5.41, 5.74) is 1.10. The predicted molar refractivity (Wildman–Crippen MR) is 124 cm³/mol. The zero-order chi connectivity index (χ0) is 24.3. The Kier molecular flexibility index (Phi) is 7.39. The third-order valence-corrected chi connectivity index (χ3v) is 5.65. The molecule has 4 amide bonds. The van der Waals surface area contributed by atoms with Crippen LogP contribution in [0, 0.1) is 6.92 Å². The van der Waals surface area contributed by atoms with E-state index in [9.17, 15) is 19.2 Å². The molecule has 0 spiro atoms. The molecule has 2 N–H and O–H groups in total. The van der Waals surface area contributed by atoms with Crippen LogP contribution in [0.5, 0.6) is 11.5 Å². The first-order chi connectivity index (χ1) is 15.6. The Morgan fingerprint density at radius 1 is 1.21 bits per heavy atom. The molecule has 1 aliphatic heterocycles. The van der Waals surface area contributed by atoms with Crippen molar-refractivity contribution in [2.24, 2.45) is 0 Å². The topological polar surface area (TPSA) is 122 Å². The first-order valence-electron chi connectivity index (χ1n) is 9.61. The molecule has 0 aromatic heterocycles. The van der Waals surface area contributed by atoms with Gasteiger partial charge in [-0.15, -0.1) is 0 Å². The number of carboxylic acids is 1. The predicted octanol–water partition coefficient (Wildman–Crippen LogP) is 3.94. The van der Waals surface area contributed by atoms with E-state index in [-0.39, 0.29) is 28.7 Å². The second kappa shape index (κ2) is 10.1. The fourth-order valence-electron chi connectivity index (χ4n) is 3.03. The standard InChI is InChI=1S/C22H18BrClN2O7/c1-3-32-17-9-12(8-16(24)19(17)33-10-18(27)28)7-14-20(29)25-22(31)26(21(14)30)13-4-5-15(23)11(2)6-13/h4-9H,3,10H2,1-2H3,(H,27,28)(H,25,29,31)/b14-7+. The van der Waals surface area contributed by atoms with E-state index in [2.05, 4.69) is 21.2 Å². The average Bonchev–Trinajstić information content (AvgIpc) is 2.73. The van der Waals surface area contributed by atoms with E-state index in [1.807, 2.05) is 0 Å². The van der Waals surface area contributed by atoms with Crippen molar-refractivity contribution in [2.45, 2.75) is 13.8 Å². The minimum atomic E-state index is -1.20. The summed E-state index contributed by atoms with van der Waals surface area (Å²) in [5.74, 6) is -2.72. The maximum atomic E-state index is 13.1. The molecule has 33 heavy (non-hydrogen) atoms. The fourth-order valence-corrected chi connectivity index (χ4v) is 3.56. The van der Waals surface area contributed by atoms with Crippen LogP contribution in [0.25, 0.3) is 6.08 Å². The van der Waals surface area contributed by atoms with Gasteiger partial charge in [-0.05, 0) is 61.4 Å². The zero-order valence-electron chi connectivity index (χ0n) is 17.5. The number of benzene rings is 2. The molecule has 0 bridgehead atoms. The molecule has 2 aromatic carbocycles. The number of carboxylic acid groups (broad SMARTS) is 1. The number of ether oxygens (including phenoxy) is 2. The van der Waals surface area contributed by atoms with Gasteiger partial charge in [-0.1, -0.05) is 27.5 Å². The molecule has 3 rings (SSSR count). The Hall–Kier alpha value is -3.37. The lowest BCUT2D eigenvalue weighted by molar-refractivity contribution is -0.139. The molecule has 1 aliphatic rings. The molecule has 0 aliphatic carbocycles. The Balaban J connectivity index is 2.02. The SMILES string of the molecule is CCOc1cc(/C=C2\C(=O)NC(=O)N(c3ccc(Br)c(C)c3)C2=O)cc(Cl)c1OCC(=O)O. The van der Waals surface area contributed by atoms with Gasteiger partial charge in [0.25, 0.3) is 11.8 Å². The Labute approximate surface area is 202 Å². The van der Waals surface area contributed by atoms with Gasteiger partial charge in [0.1, 0.15) is 5.57 Å². The largest absolute Gasteiger partial charge is 0.490 e. The number of barbiturate groups is 1. The quantitative estimate of drug-likeness (QED) is 0.405. The number of carbonyl (C=O) groups excluding carboxylic acids is 3. The van der Waals surface area contributed by atoms with Crippen LogP contribution in [0.4, 0.5) is 10.5 Å². The van der Waals surface area contributed by atoms with Crippen LogP contribution in [0.15, 0.2) is 40.4 Å². The van der Waals surface area contributed by atoms with Gasteiger partial charge < -0.3 is 14.6 Å².